The Kier molecular flexibility index (Phi) is 7.04. The molecule has 1 aliphatic rings. The molecule has 0 spiro atoms. The first kappa shape index (κ1) is 27.9. The smallest absolute Gasteiger partial charge is 0.369 e. The van der Waals surface area contributed by atoms with Crippen molar-refractivity contribution < 1.29 is 39.9 Å². The molecule has 5 nitrogen and oxygen atoms in total. The second-order valence-electron chi connectivity index (χ2n) is 8.69. The number of para-hydroxylation sites is 1. The molecule has 4 rings (SSSR count). The third-order valence-corrected chi connectivity index (χ3v) is 7.61. The Labute approximate surface area is 218 Å². The summed E-state index contributed by atoms with van der Waals surface area (Å²) in [6.45, 7) is 0. The van der Waals surface area contributed by atoms with Crippen LogP contribution in [0.1, 0.15) is 18.0 Å². The van der Waals surface area contributed by atoms with Gasteiger partial charge in [-0.2, -0.15) is 31.4 Å². The van der Waals surface area contributed by atoms with Crippen molar-refractivity contribution in [2.75, 3.05) is 11.3 Å². The molecule has 0 fully saturated rings. The number of rotatable bonds is 5. The van der Waals surface area contributed by atoms with Gasteiger partial charge in [0.1, 0.15) is 0 Å². The summed E-state index contributed by atoms with van der Waals surface area (Å²) in [5, 5.41) is 14.6. The maximum Gasteiger partial charge on any atom is 0.431 e. The molecule has 1 N–H and O–H groups in total. The molecular weight excluding hydrogens is 558 g/mol. The van der Waals surface area contributed by atoms with Crippen molar-refractivity contribution in [1.82, 2.24) is 0 Å². The average Bonchev–Trinajstić information content (AvgIpc) is 3.27. The van der Waals surface area contributed by atoms with Gasteiger partial charge in [-0.1, -0.05) is 60.1 Å². The lowest BCUT2D eigenvalue weighted by molar-refractivity contribution is -0.338. The van der Waals surface area contributed by atoms with Crippen LogP contribution in [0.5, 0.6) is 0 Å². The van der Waals surface area contributed by atoms with Crippen molar-refractivity contribution >= 4 is 32.8 Å². The molecule has 0 amide bonds. The van der Waals surface area contributed by atoms with Gasteiger partial charge in [-0.05, 0) is 41.0 Å². The van der Waals surface area contributed by atoms with E-state index in [9.17, 15) is 39.9 Å². The molecule has 3 aromatic rings. The fourth-order valence-electron chi connectivity index (χ4n) is 4.13. The fraction of sp³-hybridized carbons (Fsp3) is 0.240. The van der Waals surface area contributed by atoms with Crippen molar-refractivity contribution in [2.24, 2.45) is 5.10 Å². The topological polar surface area (TPSA) is 70.0 Å². The Bertz CT molecular complexity index is 1460. The van der Waals surface area contributed by atoms with Gasteiger partial charge in [0.05, 0.1) is 27.4 Å². The average molecular weight is 577 g/mol. The van der Waals surface area contributed by atoms with Gasteiger partial charge in [0, 0.05) is 12.7 Å². The second-order valence-corrected chi connectivity index (χ2v) is 11.1. The molecule has 38 heavy (non-hydrogen) atoms. The fourth-order valence-corrected chi connectivity index (χ4v) is 4.98. The molecule has 0 saturated carbocycles. The first-order valence-corrected chi connectivity index (χ1v) is 13.2. The number of alkyl halides is 6. The monoisotopic (exact) mass is 576 g/mol. The molecule has 1 unspecified atom stereocenters. The summed E-state index contributed by atoms with van der Waals surface area (Å²) in [4.78, 5) is 0.116. The van der Waals surface area contributed by atoms with Gasteiger partial charge in [-0.3, -0.25) is 5.01 Å². The van der Waals surface area contributed by atoms with Gasteiger partial charge < -0.3 is 5.11 Å². The molecule has 0 aliphatic carbocycles. The SMILES string of the molecule is CS(=O)(=O)c1ccc(-c2ccc(C3CC(C(O)(C(F)(F)F)C(F)(F)F)=NN3c3ccccc3Cl)cc2)cc1. The summed E-state index contributed by atoms with van der Waals surface area (Å²) in [5.41, 5.74) is -5.04. The predicted octanol–water partition coefficient (Wildman–Crippen LogP) is 6.57. The van der Waals surface area contributed by atoms with E-state index in [1.54, 1.807) is 24.3 Å². The van der Waals surface area contributed by atoms with Crippen LogP contribution in [0.4, 0.5) is 32.0 Å². The van der Waals surface area contributed by atoms with E-state index >= 15 is 0 Å². The summed E-state index contributed by atoms with van der Waals surface area (Å²) in [6.07, 6.45) is -12.0. The Hall–Kier alpha value is -3.09. The second kappa shape index (κ2) is 9.58. The molecule has 0 radical (unpaired) electrons. The number of anilines is 1. The summed E-state index contributed by atoms with van der Waals surface area (Å²) >= 11 is 6.19. The van der Waals surface area contributed by atoms with Crippen LogP contribution < -0.4 is 5.01 Å². The zero-order valence-electron chi connectivity index (χ0n) is 19.4. The lowest BCUT2D eigenvalue weighted by atomic mass is 9.89. The van der Waals surface area contributed by atoms with Crippen LogP contribution in [0.2, 0.25) is 5.02 Å². The minimum atomic E-state index is -6.08. The van der Waals surface area contributed by atoms with Crippen molar-refractivity contribution in [3.05, 3.63) is 83.4 Å². The van der Waals surface area contributed by atoms with Crippen LogP contribution in [0.25, 0.3) is 11.1 Å². The number of hydrogen-bond donors (Lipinski definition) is 1. The summed E-state index contributed by atoms with van der Waals surface area (Å²) < 4.78 is 105. The maximum absolute atomic E-state index is 13.6. The largest absolute Gasteiger partial charge is 0.431 e. The molecule has 3 aromatic carbocycles. The quantitative estimate of drug-likeness (QED) is 0.349. The standard InChI is InChI=1S/C25H19ClF6N2O3S/c1-38(36,37)18-12-10-16(11-13-18)15-6-8-17(9-7-15)21-14-22(23(35,24(27,28)29)25(30,31)32)33-34(21)20-5-3-2-4-19(20)26/h2-13,21,35H,14H2,1H3. The molecule has 202 valence electrons. The van der Waals surface area contributed by atoms with E-state index in [-0.39, 0.29) is 15.6 Å². The number of sulfone groups is 1. The number of hydrazone groups is 1. The normalized spacial score (nSPS) is 17.0. The van der Waals surface area contributed by atoms with Crippen molar-refractivity contribution in [2.45, 2.75) is 35.3 Å². The highest BCUT2D eigenvalue weighted by Gasteiger charge is 2.74. The molecule has 0 saturated heterocycles. The zero-order chi connectivity index (χ0) is 28.1. The van der Waals surface area contributed by atoms with Crippen molar-refractivity contribution in [1.29, 1.82) is 0 Å². The van der Waals surface area contributed by atoms with E-state index in [4.69, 9.17) is 11.6 Å². The third-order valence-electron chi connectivity index (χ3n) is 6.16. The van der Waals surface area contributed by atoms with Crippen molar-refractivity contribution in [3.63, 3.8) is 0 Å². The van der Waals surface area contributed by atoms with Crippen LogP contribution in [0.15, 0.2) is 82.8 Å². The van der Waals surface area contributed by atoms with Gasteiger partial charge in [-0.25, -0.2) is 8.42 Å². The van der Waals surface area contributed by atoms with Gasteiger partial charge in [-0.15, -0.1) is 0 Å². The van der Waals surface area contributed by atoms with E-state index in [2.05, 4.69) is 5.10 Å². The molecule has 0 aromatic heterocycles. The third kappa shape index (κ3) is 4.99. The number of nitrogens with zero attached hydrogens (tertiary/aromatic N) is 2. The highest BCUT2D eigenvalue weighted by molar-refractivity contribution is 7.90. The molecule has 1 atom stereocenters. The van der Waals surface area contributed by atoms with E-state index in [0.717, 1.165) is 11.3 Å². The molecule has 0 bridgehead atoms. The van der Waals surface area contributed by atoms with Crippen LogP contribution >= 0.6 is 11.6 Å². The Morgan fingerprint density at radius 1 is 0.868 bits per heavy atom. The van der Waals surface area contributed by atoms with Gasteiger partial charge in [0.15, 0.2) is 9.84 Å². The summed E-state index contributed by atoms with van der Waals surface area (Å²) in [5.74, 6) is 0. The van der Waals surface area contributed by atoms with Gasteiger partial charge in [0.2, 0.25) is 0 Å². The Balaban J connectivity index is 1.75. The number of aliphatic hydroxyl groups is 1. The minimum Gasteiger partial charge on any atom is -0.369 e. The minimum absolute atomic E-state index is 0.0349. The highest BCUT2D eigenvalue weighted by Crippen LogP contribution is 2.49. The van der Waals surface area contributed by atoms with Crippen LogP contribution in [0.3, 0.4) is 0 Å². The number of benzene rings is 3. The van der Waals surface area contributed by atoms with E-state index in [1.807, 2.05) is 0 Å². The van der Waals surface area contributed by atoms with Gasteiger partial charge >= 0.3 is 12.4 Å². The molecule has 13 heteroatoms. The van der Waals surface area contributed by atoms with E-state index in [0.29, 0.717) is 16.7 Å². The van der Waals surface area contributed by atoms with E-state index in [1.165, 1.54) is 48.5 Å². The van der Waals surface area contributed by atoms with E-state index < -0.39 is 46.0 Å². The first-order valence-electron chi connectivity index (χ1n) is 10.9. The lowest BCUT2D eigenvalue weighted by Gasteiger charge is -2.32. The molecule has 1 heterocycles. The zero-order valence-corrected chi connectivity index (χ0v) is 21.0. The lowest BCUT2D eigenvalue weighted by Crippen LogP contribution is -2.62. The predicted molar refractivity (Wildman–Crippen MR) is 131 cm³/mol. The first-order chi connectivity index (χ1) is 17.5. The summed E-state index contributed by atoms with van der Waals surface area (Å²) in [6, 6.07) is 16.9. The van der Waals surface area contributed by atoms with Crippen molar-refractivity contribution in [3.8, 4) is 11.1 Å². The Morgan fingerprint density at radius 2 is 1.37 bits per heavy atom. The van der Waals surface area contributed by atoms with Crippen LogP contribution in [-0.2, 0) is 9.84 Å². The highest BCUT2D eigenvalue weighted by atomic mass is 35.5. The molecular formula is C25H19ClF6N2O3S. The maximum atomic E-state index is 13.6. The number of halogens is 7. The van der Waals surface area contributed by atoms with Gasteiger partial charge in [0.25, 0.3) is 5.60 Å². The summed E-state index contributed by atoms with van der Waals surface area (Å²) in [7, 11) is -3.40. The van der Waals surface area contributed by atoms with Crippen LogP contribution in [0, 0.1) is 0 Å². The Morgan fingerprint density at radius 3 is 1.84 bits per heavy atom. The van der Waals surface area contributed by atoms with Crippen LogP contribution in [-0.4, -0.2) is 43.4 Å². The molecule has 1 aliphatic heterocycles. The number of hydrogen-bond acceptors (Lipinski definition) is 5.